The van der Waals surface area contributed by atoms with Crippen LogP contribution in [0.25, 0.3) is 0 Å². The SMILES string of the molecule is CC(C)C[C@@H](NC[C@@H](Cc1ccccc1)NC(=O)N(C)C(CN)c1ccccc1)C(=O)N[C@H](CCCCN)C(=O)O. The van der Waals surface area contributed by atoms with E-state index in [4.69, 9.17) is 11.5 Å². The fourth-order valence-electron chi connectivity index (χ4n) is 4.75. The van der Waals surface area contributed by atoms with Crippen LogP contribution in [-0.4, -0.2) is 72.7 Å². The van der Waals surface area contributed by atoms with E-state index in [1.807, 2.05) is 74.5 Å². The topological polar surface area (TPSA) is 163 Å². The highest BCUT2D eigenvalue weighted by molar-refractivity contribution is 5.87. The molecule has 2 aromatic carbocycles. The van der Waals surface area contributed by atoms with Crippen molar-refractivity contribution >= 4 is 17.9 Å². The number of urea groups is 1. The molecule has 0 heterocycles. The highest BCUT2D eigenvalue weighted by Crippen LogP contribution is 2.18. The van der Waals surface area contributed by atoms with E-state index >= 15 is 0 Å². The predicted octanol–water partition coefficient (Wildman–Crippen LogP) is 2.64. The van der Waals surface area contributed by atoms with Gasteiger partial charge in [-0.05, 0) is 55.7 Å². The van der Waals surface area contributed by atoms with Crippen molar-refractivity contribution in [2.75, 3.05) is 26.7 Å². The van der Waals surface area contributed by atoms with E-state index in [0.717, 1.165) is 11.1 Å². The van der Waals surface area contributed by atoms with Crippen molar-refractivity contribution < 1.29 is 19.5 Å². The fraction of sp³-hybridized carbons (Fsp3) is 0.516. The third-order valence-corrected chi connectivity index (χ3v) is 7.04. The summed E-state index contributed by atoms with van der Waals surface area (Å²) in [5, 5.41) is 18.8. The molecular formula is C31H48N6O4. The number of nitrogens with two attached hydrogens (primary N) is 2. The summed E-state index contributed by atoms with van der Waals surface area (Å²) in [6.07, 6.45) is 2.67. The van der Waals surface area contributed by atoms with Crippen LogP contribution in [0.2, 0.25) is 0 Å². The third kappa shape index (κ3) is 11.9. The number of unbranched alkanes of at least 4 members (excludes halogenated alkanes) is 1. The van der Waals surface area contributed by atoms with Crippen LogP contribution in [0.4, 0.5) is 4.79 Å². The van der Waals surface area contributed by atoms with Gasteiger partial charge >= 0.3 is 12.0 Å². The van der Waals surface area contributed by atoms with Gasteiger partial charge in [-0.15, -0.1) is 0 Å². The molecule has 0 aliphatic carbocycles. The Labute approximate surface area is 244 Å². The number of carbonyl (C=O) groups is 3. The summed E-state index contributed by atoms with van der Waals surface area (Å²) in [5.74, 6) is -1.25. The second kappa shape index (κ2) is 18.1. The van der Waals surface area contributed by atoms with E-state index in [1.165, 1.54) is 0 Å². The molecule has 0 aliphatic heterocycles. The lowest BCUT2D eigenvalue weighted by molar-refractivity contribution is -0.142. The number of nitrogens with one attached hydrogen (secondary N) is 3. The molecule has 0 bridgehead atoms. The highest BCUT2D eigenvalue weighted by atomic mass is 16.4. The lowest BCUT2D eigenvalue weighted by atomic mass is 10.0. The van der Waals surface area contributed by atoms with Crippen molar-refractivity contribution in [3.8, 4) is 0 Å². The molecule has 8 N–H and O–H groups in total. The van der Waals surface area contributed by atoms with Crippen LogP contribution in [0.1, 0.15) is 56.7 Å². The first-order chi connectivity index (χ1) is 19.7. The number of hydrogen-bond acceptors (Lipinski definition) is 6. The number of carboxylic acids is 1. The number of nitrogens with zero attached hydrogens (tertiary/aromatic N) is 1. The molecule has 0 aromatic heterocycles. The summed E-state index contributed by atoms with van der Waals surface area (Å²) >= 11 is 0. The Bertz CT molecular complexity index is 1050. The molecule has 1 unspecified atom stereocenters. The maximum atomic E-state index is 13.4. The van der Waals surface area contributed by atoms with Crippen LogP contribution in [0.15, 0.2) is 60.7 Å². The monoisotopic (exact) mass is 568 g/mol. The Morgan fingerprint density at radius 1 is 0.902 bits per heavy atom. The number of carboxylic acid groups (broad SMARTS) is 1. The third-order valence-electron chi connectivity index (χ3n) is 7.04. The Morgan fingerprint density at radius 2 is 1.54 bits per heavy atom. The lowest BCUT2D eigenvalue weighted by Gasteiger charge is -2.31. The maximum absolute atomic E-state index is 13.4. The molecule has 4 atom stereocenters. The van der Waals surface area contributed by atoms with Gasteiger partial charge in [-0.25, -0.2) is 9.59 Å². The zero-order valence-electron chi connectivity index (χ0n) is 24.6. The van der Waals surface area contributed by atoms with Gasteiger partial charge in [-0.3, -0.25) is 4.79 Å². The summed E-state index contributed by atoms with van der Waals surface area (Å²) in [6, 6.07) is 16.9. The molecule has 0 saturated heterocycles. The van der Waals surface area contributed by atoms with Crippen LogP contribution in [0.3, 0.4) is 0 Å². The van der Waals surface area contributed by atoms with E-state index < -0.39 is 18.1 Å². The normalized spacial score (nSPS) is 14.1. The molecule has 226 valence electrons. The van der Waals surface area contributed by atoms with Crippen LogP contribution in [0, 0.1) is 5.92 Å². The Balaban J connectivity index is 2.17. The molecule has 0 fully saturated rings. The zero-order valence-corrected chi connectivity index (χ0v) is 24.6. The summed E-state index contributed by atoms with van der Waals surface area (Å²) < 4.78 is 0. The van der Waals surface area contributed by atoms with Gasteiger partial charge in [0.1, 0.15) is 6.04 Å². The first kappa shape index (κ1) is 33.7. The fourth-order valence-corrected chi connectivity index (χ4v) is 4.75. The molecule has 10 heteroatoms. The van der Waals surface area contributed by atoms with E-state index in [-0.39, 0.29) is 36.5 Å². The van der Waals surface area contributed by atoms with Gasteiger partial charge in [-0.1, -0.05) is 74.5 Å². The number of carbonyl (C=O) groups excluding carboxylic acids is 2. The molecule has 0 saturated carbocycles. The van der Waals surface area contributed by atoms with Crippen molar-refractivity contribution in [3.05, 3.63) is 71.8 Å². The van der Waals surface area contributed by atoms with Crippen molar-refractivity contribution in [1.29, 1.82) is 0 Å². The minimum absolute atomic E-state index is 0.184. The van der Waals surface area contributed by atoms with Gasteiger partial charge in [0.15, 0.2) is 0 Å². The van der Waals surface area contributed by atoms with Crippen molar-refractivity contribution in [2.45, 2.75) is 70.1 Å². The summed E-state index contributed by atoms with van der Waals surface area (Å²) in [4.78, 5) is 40.0. The minimum atomic E-state index is -1.07. The Morgan fingerprint density at radius 3 is 2.10 bits per heavy atom. The maximum Gasteiger partial charge on any atom is 0.326 e. The molecule has 41 heavy (non-hydrogen) atoms. The summed E-state index contributed by atoms with van der Waals surface area (Å²) in [7, 11) is 1.72. The number of rotatable bonds is 18. The number of amides is 3. The van der Waals surface area contributed by atoms with Gasteiger partial charge in [0.25, 0.3) is 0 Å². The minimum Gasteiger partial charge on any atom is -0.480 e. The van der Waals surface area contributed by atoms with E-state index in [2.05, 4.69) is 16.0 Å². The molecule has 0 radical (unpaired) electrons. The van der Waals surface area contributed by atoms with Crippen molar-refractivity contribution in [1.82, 2.24) is 20.9 Å². The summed E-state index contributed by atoms with van der Waals surface area (Å²) in [6.45, 7) is 5.06. The van der Waals surface area contributed by atoms with Gasteiger partial charge < -0.3 is 37.4 Å². The first-order valence-corrected chi connectivity index (χ1v) is 14.4. The van der Waals surface area contributed by atoms with E-state index in [1.54, 1.807) is 11.9 Å². The standard InChI is InChI=1S/C31H48N6O4/c1-22(2)18-27(29(38)36-26(30(39)40)16-10-11-17-32)34-21-25(19-23-12-6-4-7-13-23)35-31(41)37(3)28(20-33)24-14-8-5-9-15-24/h4-9,12-15,22,25-28,34H,10-11,16-21,32-33H2,1-3H3,(H,35,41)(H,36,38)(H,39,40)/t25-,26-,27-,28?/m1/s1. The molecule has 3 amide bonds. The van der Waals surface area contributed by atoms with Crippen LogP contribution < -0.4 is 27.4 Å². The Hall–Kier alpha value is -3.47. The van der Waals surface area contributed by atoms with Crippen molar-refractivity contribution in [2.24, 2.45) is 17.4 Å². The number of hydrogen-bond donors (Lipinski definition) is 6. The number of benzene rings is 2. The zero-order chi connectivity index (χ0) is 30.2. The van der Waals surface area contributed by atoms with Crippen molar-refractivity contribution in [3.63, 3.8) is 0 Å². The molecule has 0 aliphatic rings. The quantitative estimate of drug-likeness (QED) is 0.151. The van der Waals surface area contributed by atoms with Crippen LogP contribution in [0.5, 0.6) is 0 Å². The average molecular weight is 569 g/mol. The molecule has 2 rings (SSSR count). The number of likely N-dealkylation sites (N-methyl/N-ethyl adjacent to an activating group) is 1. The molecule has 2 aromatic rings. The van der Waals surface area contributed by atoms with Gasteiger partial charge in [0, 0.05) is 26.2 Å². The second-order valence-electron chi connectivity index (χ2n) is 10.9. The average Bonchev–Trinajstić information content (AvgIpc) is 2.95. The highest BCUT2D eigenvalue weighted by Gasteiger charge is 2.28. The van der Waals surface area contributed by atoms with Crippen LogP contribution in [-0.2, 0) is 16.0 Å². The molecular weight excluding hydrogens is 520 g/mol. The predicted molar refractivity (Wildman–Crippen MR) is 162 cm³/mol. The number of aliphatic carboxylic acids is 1. The van der Waals surface area contributed by atoms with Gasteiger partial charge in [-0.2, -0.15) is 0 Å². The Kier molecular flexibility index (Phi) is 14.9. The largest absolute Gasteiger partial charge is 0.480 e. The second-order valence-corrected chi connectivity index (χ2v) is 10.9. The first-order valence-electron chi connectivity index (χ1n) is 14.4. The van der Waals surface area contributed by atoms with E-state index in [0.29, 0.717) is 45.2 Å². The van der Waals surface area contributed by atoms with Crippen LogP contribution >= 0.6 is 0 Å². The summed E-state index contributed by atoms with van der Waals surface area (Å²) in [5.41, 5.74) is 13.6. The van der Waals surface area contributed by atoms with Gasteiger partial charge in [0.05, 0.1) is 12.1 Å². The molecule has 0 spiro atoms. The van der Waals surface area contributed by atoms with E-state index in [9.17, 15) is 19.5 Å². The van der Waals surface area contributed by atoms with Gasteiger partial charge in [0.2, 0.25) is 5.91 Å². The smallest absolute Gasteiger partial charge is 0.326 e. The molecule has 10 nitrogen and oxygen atoms in total. The lowest BCUT2D eigenvalue weighted by Crippen LogP contribution is -2.55.